The molecule has 1 N–H and O–H groups in total. The van der Waals surface area contributed by atoms with Gasteiger partial charge in [0.1, 0.15) is 17.3 Å². The minimum absolute atomic E-state index is 0.0513. The molecule has 1 atom stereocenters. The highest BCUT2D eigenvalue weighted by Crippen LogP contribution is 2.42. The number of nitrogens with zero attached hydrogens (tertiary/aromatic N) is 1. The van der Waals surface area contributed by atoms with Crippen LogP contribution < -0.4 is 9.64 Å². The Kier molecular flexibility index (Phi) is 5.54. The van der Waals surface area contributed by atoms with Gasteiger partial charge in [-0.05, 0) is 55.0 Å². The number of carbonyl (C=O) groups excluding carboxylic acids is 2. The van der Waals surface area contributed by atoms with Gasteiger partial charge in [-0.1, -0.05) is 36.4 Å². The lowest BCUT2D eigenvalue weighted by atomic mass is 9.95. The van der Waals surface area contributed by atoms with Crippen LogP contribution in [0, 0.1) is 5.82 Å². The van der Waals surface area contributed by atoms with E-state index >= 15 is 0 Å². The van der Waals surface area contributed by atoms with E-state index in [0.29, 0.717) is 23.5 Å². The van der Waals surface area contributed by atoms with Gasteiger partial charge in [0.25, 0.3) is 11.7 Å². The third-order valence-electron chi connectivity index (χ3n) is 5.08. The number of aliphatic hydroxyl groups is 1. The molecule has 0 aliphatic carbocycles. The van der Waals surface area contributed by atoms with Crippen molar-refractivity contribution in [3.05, 3.63) is 101 Å². The number of aliphatic hydroxyl groups excluding tert-OH is 1. The zero-order valence-corrected chi connectivity index (χ0v) is 16.8. The summed E-state index contributed by atoms with van der Waals surface area (Å²) in [5.41, 5.74) is 1.19. The van der Waals surface area contributed by atoms with Gasteiger partial charge in [-0.3, -0.25) is 14.5 Å². The molecule has 1 heterocycles. The first-order chi connectivity index (χ1) is 15.0. The summed E-state index contributed by atoms with van der Waals surface area (Å²) >= 11 is 0. The molecule has 0 aromatic heterocycles. The van der Waals surface area contributed by atoms with Crippen LogP contribution in [0.1, 0.15) is 24.1 Å². The van der Waals surface area contributed by atoms with E-state index in [2.05, 4.69) is 0 Å². The predicted molar refractivity (Wildman–Crippen MR) is 115 cm³/mol. The van der Waals surface area contributed by atoms with Crippen molar-refractivity contribution in [3.63, 3.8) is 0 Å². The van der Waals surface area contributed by atoms with Crippen LogP contribution in [0.3, 0.4) is 0 Å². The SMILES string of the molecule is CCOc1ccc(/C(O)=C2\C(=O)C(=O)N(c3cccc(F)c3)C2c2ccccc2)cc1. The lowest BCUT2D eigenvalue weighted by molar-refractivity contribution is -0.132. The van der Waals surface area contributed by atoms with Gasteiger partial charge in [-0.25, -0.2) is 4.39 Å². The number of halogens is 1. The van der Waals surface area contributed by atoms with Crippen molar-refractivity contribution < 1.29 is 23.8 Å². The maximum absolute atomic E-state index is 13.9. The predicted octanol–water partition coefficient (Wildman–Crippen LogP) is 4.85. The van der Waals surface area contributed by atoms with E-state index in [1.165, 1.54) is 23.1 Å². The maximum Gasteiger partial charge on any atom is 0.300 e. The summed E-state index contributed by atoms with van der Waals surface area (Å²) in [5.74, 6) is -1.86. The average molecular weight is 417 g/mol. The zero-order valence-electron chi connectivity index (χ0n) is 16.8. The standard InChI is InChI=1S/C25H20FNO4/c1-2-31-20-13-11-17(12-14-20)23(28)21-22(16-7-4-3-5-8-16)27(25(30)24(21)29)19-10-6-9-18(26)15-19/h3-15,22,28H,2H2,1H3/b23-21+. The molecule has 31 heavy (non-hydrogen) atoms. The fourth-order valence-electron chi connectivity index (χ4n) is 3.71. The minimum Gasteiger partial charge on any atom is -0.507 e. The molecule has 4 rings (SSSR count). The highest BCUT2D eigenvalue weighted by atomic mass is 19.1. The minimum atomic E-state index is -0.894. The van der Waals surface area contributed by atoms with Crippen molar-refractivity contribution in [1.82, 2.24) is 0 Å². The molecule has 6 heteroatoms. The summed E-state index contributed by atoms with van der Waals surface area (Å²) in [6.07, 6.45) is 0. The smallest absolute Gasteiger partial charge is 0.300 e. The molecular formula is C25H20FNO4. The second-order valence-corrected chi connectivity index (χ2v) is 7.02. The molecule has 0 radical (unpaired) electrons. The van der Waals surface area contributed by atoms with E-state index in [-0.39, 0.29) is 17.0 Å². The van der Waals surface area contributed by atoms with Crippen LogP contribution >= 0.6 is 0 Å². The summed E-state index contributed by atoms with van der Waals surface area (Å²) in [7, 11) is 0. The van der Waals surface area contributed by atoms with Crippen molar-refractivity contribution in [3.8, 4) is 5.75 Å². The topological polar surface area (TPSA) is 66.8 Å². The second kappa shape index (κ2) is 8.44. The van der Waals surface area contributed by atoms with Gasteiger partial charge < -0.3 is 9.84 Å². The van der Waals surface area contributed by atoms with Gasteiger partial charge in [0.05, 0.1) is 18.2 Å². The Morgan fingerprint density at radius 3 is 2.35 bits per heavy atom. The lowest BCUT2D eigenvalue weighted by Gasteiger charge is -2.25. The molecule has 1 fully saturated rings. The van der Waals surface area contributed by atoms with Crippen LogP contribution in [0.15, 0.2) is 84.4 Å². The number of rotatable bonds is 5. The number of amides is 1. The van der Waals surface area contributed by atoms with Gasteiger partial charge in [0.2, 0.25) is 0 Å². The van der Waals surface area contributed by atoms with E-state index in [1.54, 1.807) is 54.6 Å². The van der Waals surface area contributed by atoms with Crippen LogP contribution in [0.2, 0.25) is 0 Å². The van der Waals surface area contributed by atoms with Crippen molar-refractivity contribution in [2.75, 3.05) is 11.5 Å². The molecular weight excluding hydrogens is 397 g/mol. The molecule has 0 spiro atoms. The van der Waals surface area contributed by atoms with Crippen molar-refractivity contribution in [2.24, 2.45) is 0 Å². The first-order valence-electron chi connectivity index (χ1n) is 9.86. The van der Waals surface area contributed by atoms with E-state index in [1.807, 2.05) is 13.0 Å². The number of benzene rings is 3. The Balaban J connectivity index is 1.88. The van der Waals surface area contributed by atoms with Crippen molar-refractivity contribution >= 4 is 23.1 Å². The largest absolute Gasteiger partial charge is 0.507 e. The molecule has 3 aromatic rings. The van der Waals surface area contributed by atoms with E-state index < -0.39 is 23.5 Å². The molecule has 0 bridgehead atoms. The summed E-state index contributed by atoms with van der Waals surface area (Å²) in [6.45, 7) is 2.36. The number of anilines is 1. The van der Waals surface area contributed by atoms with E-state index in [4.69, 9.17) is 4.74 Å². The monoisotopic (exact) mass is 417 g/mol. The molecule has 1 aliphatic heterocycles. The molecule has 5 nitrogen and oxygen atoms in total. The molecule has 1 aliphatic rings. The molecule has 1 unspecified atom stereocenters. The highest BCUT2D eigenvalue weighted by molar-refractivity contribution is 6.51. The first kappa shape index (κ1) is 20.3. The van der Waals surface area contributed by atoms with E-state index in [9.17, 15) is 19.1 Å². The average Bonchev–Trinajstić information content (AvgIpc) is 3.05. The third kappa shape index (κ3) is 3.80. The number of ketones is 1. The van der Waals surface area contributed by atoms with Gasteiger partial charge in [-0.2, -0.15) is 0 Å². The number of Topliss-reactive ketones (excluding diaryl/α,β-unsaturated/α-hetero) is 1. The van der Waals surface area contributed by atoms with E-state index in [0.717, 1.165) is 0 Å². The van der Waals surface area contributed by atoms with Crippen LogP contribution in [0.5, 0.6) is 5.75 Å². The molecule has 1 amide bonds. The Hall–Kier alpha value is -3.93. The van der Waals surface area contributed by atoms with Crippen LogP contribution in [0.25, 0.3) is 5.76 Å². The molecule has 156 valence electrons. The highest BCUT2D eigenvalue weighted by Gasteiger charge is 2.46. The molecule has 3 aromatic carbocycles. The third-order valence-corrected chi connectivity index (χ3v) is 5.08. The van der Waals surface area contributed by atoms with Crippen molar-refractivity contribution in [2.45, 2.75) is 13.0 Å². The van der Waals surface area contributed by atoms with Gasteiger partial charge >= 0.3 is 0 Å². The first-order valence-corrected chi connectivity index (χ1v) is 9.86. The summed E-state index contributed by atoms with van der Waals surface area (Å²) < 4.78 is 19.3. The normalized spacial score (nSPS) is 17.7. The summed E-state index contributed by atoms with van der Waals surface area (Å²) in [6, 6.07) is 20.1. The molecule has 1 saturated heterocycles. The Morgan fingerprint density at radius 2 is 1.71 bits per heavy atom. The van der Waals surface area contributed by atoms with Gasteiger partial charge in [-0.15, -0.1) is 0 Å². The quantitative estimate of drug-likeness (QED) is 0.366. The fourth-order valence-corrected chi connectivity index (χ4v) is 3.71. The molecule has 0 saturated carbocycles. The summed E-state index contributed by atoms with van der Waals surface area (Å²) in [4.78, 5) is 27.2. The number of hydrogen-bond donors (Lipinski definition) is 1. The summed E-state index contributed by atoms with van der Waals surface area (Å²) in [5, 5.41) is 11.0. The number of carbonyl (C=O) groups is 2. The van der Waals surface area contributed by atoms with Gasteiger partial charge in [0.15, 0.2) is 0 Å². The van der Waals surface area contributed by atoms with Crippen molar-refractivity contribution in [1.29, 1.82) is 0 Å². The van der Waals surface area contributed by atoms with Crippen LogP contribution in [0.4, 0.5) is 10.1 Å². The Bertz CT molecular complexity index is 1160. The second-order valence-electron chi connectivity index (χ2n) is 7.02. The van der Waals surface area contributed by atoms with Crippen LogP contribution in [-0.2, 0) is 9.59 Å². The number of hydrogen-bond acceptors (Lipinski definition) is 4. The zero-order chi connectivity index (χ0) is 22.0. The Morgan fingerprint density at radius 1 is 1.00 bits per heavy atom. The Labute approximate surface area is 179 Å². The van der Waals surface area contributed by atoms with Gasteiger partial charge in [0, 0.05) is 11.3 Å². The number of ether oxygens (including phenoxy) is 1. The fraction of sp³-hybridized carbons (Fsp3) is 0.120. The van der Waals surface area contributed by atoms with Crippen LogP contribution in [-0.4, -0.2) is 23.4 Å². The maximum atomic E-state index is 13.9. The lowest BCUT2D eigenvalue weighted by Crippen LogP contribution is -2.29.